The number of hydrogen-bond donors (Lipinski definition) is 6. The van der Waals surface area contributed by atoms with Crippen LogP contribution in [0.4, 0.5) is 4.79 Å². The van der Waals surface area contributed by atoms with Gasteiger partial charge in [0.1, 0.15) is 22.9 Å². The van der Waals surface area contributed by atoms with Crippen molar-refractivity contribution >= 4 is 33.7 Å². The van der Waals surface area contributed by atoms with Gasteiger partial charge < -0.3 is 40.8 Å². The molecule has 0 bridgehead atoms. The number of ether oxygens (including phenoxy) is 2. The highest BCUT2D eigenvalue weighted by atomic mass is 32.2. The first-order valence-electron chi connectivity index (χ1n) is 21.1. The van der Waals surface area contributed by atoms with Gasteiger partial charge in [0, 0.05) is 50.9 Å². The van der Waals surface area contributed by atoms with Crippen molar-refractivity contribution in [3.05, 3.63) is 54.1 Å². The Balaban J connectivity index is 1.55. The number of aromatic amines is 1. The Morgan fingerprint density at radius 3 is 2.24 bits per heavy atom. The molecule has 16 nitrogen and oxygen atoms in total. The number of morpholine rings is 1. The first-order valence-corrected chi connectivity index (χ1v) is 22.8. The lowest BCUT2D eigenvalue weighted by molar-refractivity contribution is -0.130. The highest BCUT2D eigenvalue weighted by molar-refractivity contribution is 7.92. The average molecular weight is 846 g/mol. The molecule has 5 atom stereocenters. The van der Waals surface area contributed by atoms with E-state index in [1.54, 1.807) is 20.8 Å². The third-order valence-electron chi connectivity index (χ3n) is 10.7. The zero-order valence-corrected chi connectivity index (χ0v) is 36.2. The number of aliphatic hydroxyl groups excluding tert-OH is 1. The van der Waals surface area contributed by atoms with Gasteiger partial charge in [0.05, 0.1) is 37.4 Å². The lowest BCUT2D eigenvalue weighted by atomic mass is 9.83. The molecular formula is C42H67N7O9S. The average Bonchev–Trinajstić information content (AvgIpc) is 3.69. The molecule has 1 aromatic carbocycles. The normalized spacial score (nSPS) is 18.2. The molecule has 2 aliphatic rings. The Hall–Kier alpha value is -4.06. The van der Waals surface area contributed by atoms with E-state index in [0.717, 1.165) is 50.8 Å². The fourth-order valence-electron chi connectivity index (χ4n) is 7.58. The van der Waals surface area contributed by atoms with E-state index in [-0.39, 0.29) is 37.6 Å². The Kier molecular flexibility index (Phi) is 18.6. The number of amides is 4. The minimum absolute atomic E-state index is 0.0201. The lowest BCUT2D eigenvalue weighted by Crippen LogP contribution is -2.58. The van der Waals surface area contributed by atoms with E-state index >= 15 is 0 Å². The summed E-state index contributed by atoms with van der Waals surface area (Å²) in [6, 6.07) is 5.74. The molecule has 17 heteroatoms. The molecule has 0 spiro atoms. The number of rotatable bonds is 21. The van der Waals surface area contributed by atoms with Gasteiger partial charge in [-0.25, -0.2) is 18.2 Å². The highest BCUT2D eigenvalue weighted by Crippen LogP contribution is 2.29. The predicted octanol–water partition coefficient (Wildman–Crippen LogP) is 2.67. The topological polar surface area (TPSA) is 221 Å². The summed E-state index contributed by atoms with van der Waals surface area (Å²) in [7, 11) is -4.22. The molecule has 59 heavy (non-hydrogen) atoms. The molecule has 2 fully saturated rings. The molecule has 0 radical (unpaired) electrons. The minimum atomic E-state index is -4.22. The second-order valence-corrected chi connectivity index (χ2v) is 19.6. The Labute approximate surface area is 349 Å². The molecule has 6 N–H and O–H groups in total. The van der Waals surface area contributed by atoms with Gasteiger partial charge in [0.15, 0.2) is 9.84 Å². The van der Waals surface area contributed by atoms with Crippen LogP contribution >= 0.6 is 0 Å². The molecule has 4 amide bonds. The molecule has 1 aliphatic carbocycles. The number of aliphatic hydroxyl groups is 1. The number of nitrogens with zero attached hydrogens (tertiary/aromatic N) is 2. The lowest BCUT2D eigenvalue weighted by Gasteiger charge is -2.32. The number of aromatic nitrogens is 2. The van der Waals surface area contributed by atoms with Crippen LogP contribution in [0, 0.1) is 11.8 Å². The van der Waals surface area contributed by atoms with E-state index in [0.29, 0.717) is 31.9 Å². The number of imidazole rings is 1. The van der Waals surface area contributed by atoms with E-state index in [1.165, 1.54) is 12.5 Å². The maximum atomic E-state index is 14.3. The fraction of sp³-hybridized carbons (Fsp3) is 0.690. The smallest absolute Gasteiger partial charge is 0.408 e. The van der Waals surface area contributed by atoms with Crippen LogP contribution in [0.1, 0.15) is 90.8 Å². The van der Waals surface area contributed by atoms with Gasteiger partial charge >= 0.3 is 6.09 Å². The van der Waals surface area contributed by atoms with E-state index < -0.39 is 74.5 Å². The predicted molar refractivity (Wildman–Crippen MR) is 224 cm³/mol. The van der Waals surface area contributed by atoms with Crippen molar-refractivity contribution in [1.29, 1.82) is 0 Å². The van der Waals surface area contributed by atoms with Gasteiger partial charge in [-0.15, -0.1) is 0 Å². The highest BCUT2D eigenvalue weighted by Gasteiger charge is 2.39. The van der Waals surface area contributed by atoms with Crippen LogP contribution in [-0.2, 0) is 46.5 Å². The van der Waals surface area contributed by atoms with Gasteiger partial charge in [-0.05, 0) is 51.0 Å². The second-order valence-electron chi connectivity index (χ2n) is 17.3. The molecule has 1 saturated carbocycles. The first kappa shape index (κ1) is 47.6. The molecular weight excluding hydrogens is 779 g/mol. The Morgan fingerprint density at radius 1 is 0.949 bits per heavy atom. The van der Waals surface area contributed by atoms with Crippen molar-refractivity contribution in [3.8, 4) is 0 Å². The zero-order chi connectivity index (χ0) is 43.0. The van der Waals surface area contributed by atoms with Crippen molar-refractivity contribution < 1.29 is 42.2 Å². The van der Waals surface area contributed by atoms with Crippen molar-refractivity contribution in [2.24, 2.45) is 11.8 Å². The van der Waals surface area contributed by atoms with Crippen LogP contribution in [0.3, 0.4) is 0 Å². The summed E-state index contributed by atoms with van der Waals surface area (Å²) < 4.78 is 39.0. The summed E-state index contributed by atoms with van der Waals surface area (Å²) in [5.74, 6) is -2.66. The standard InChI is InChI=1S/C42H67N7O9S/c1-29(2)22-37(40(53)44-16-17-49-18-20-57-21-19-49)59(55,56)27-36(50)33(23-30-12-8-6-9-13-30)46-39(52)35(25-32-26-43-28-45-32)47-38(51)34(24-31-14-10-7-11-15-31)48-41(54)58-42(3,4)5/h7,10-11,14-15,26,28-30,33-37,50H,6,8-9,12-13,16-25,27H2,1-5H3,(H,43,45)(H,44,53)(H,46,52)(H,47,51)(H,48,54)/t33-,34-,35-,36-,37+/m0/s1. The number of benzene rings is 1. The van der Waals surface area contributed by atoms with Crippen LogP contribution in [0.25, 0.3) is 0 Å². The summed E-state index contributed by atoms with van der Waals surface area (Å²) in [5.41, 5.74) is 0.467. The minimum Gasteiger partial charge on any atom is -0.444 e. The van der Waals surface area contributed by atoms with E-state index in [4.69, 9.17) is 9.47 Å². The van der Waals surface area contributed by atoms with Gasteiger partial charge in [-0.1, -0.05) is 76.3 Å². The monoisotopic (exact) mass is 845 g/mol. The van der Waals surface area contributed by atoms with Crippen molar-refractivity contribution in [3.63, 3.8) is 0 Å². The number of alkyl carbamates (subject to hydrolysis) is 1. The summed E-state index contributed by atoms with van der Waals surface area (Å²) >= 11 is 0. The van der Waals surface area contributed by atoms with Gasteiger partial charge in [0.25, 0.3) is 0 Å². The number of carbonyl (C=O) groups is 4. The van der Waals surface area contributed by atoms with Crippen LogP contribution in [0.2, 0.25) is 0 Å². The van der Waals surface area contributed by atoms with E-state index in [9.17, 15) is 32.7 Å². The third-order valence-corrected chi connectivity index (χ3v) is 12.7. The van der Waals surface area contributed by atoms with Gasteiger partial charge in [0.2, 0.25) is 17.7 Å². The maximum Gasteiger partial charge on any atom is 0.408 e. The largest absolute Gasteiger partial charge is 0.444 e. The molecule has 0 unspecified atom stereocenters. The summed E-state index contributed by atoms with van der Waals surface area (Å²) in [4.78, 5) is 64.0. The van der Waals surface area contributed by atoms with Crippen molar-refractivity contribution in [2.45, 2.75) is 127 Å². The summed E-state index contributed by atoms with van der Waals surface area (Å²) in [5, 5.41) is 21.6. The summed E-state index contributed by atoms with van der Waals surface area (Å²) in [6.07, 6.45) is 5.82. The molecule has 2 aromatic rings. The van der Waals surface area contributed by atoms with Gasteiger partial charge in [-0.2, -0.15) is 0 Å². The van der Waals surface area contributed by atoms with Crippen molar-refractivity contribution in [1.82, 2.24) is 36.1 Å². The summed E-state index contributed by atoms with van der Waals surface area (Å²) in [6.45, 7) is 12.3. The van der Waals surface area contributed by atoms with Crippen LogP contribution in [0.15, 0.2) is 42.9 Å². The van der Waals surface area contributed by atoms with Crippen LogP contribution < -0.4 is 21.3 Å². The number of carbonyl (C=O) groups excluding carboxylic acids is 4. The number of sulfone groups is 1. The number of H-pyrrole nitrogens is 1. The molecule has 330 valence electrons. The van der Waals surface area contributed by atoms with Crippen LogP contribution in [0.5, 0.6) is 0 Å². The molecule has 4 rings (SSSR count). The molecule has 1 aromatic heterocycles. The quantitative estimate of drug-likeness (QED) is 0.107. The van der Waals surface area contributed by atoms with E-state index in [2.05, 4.69) is 36.1 Å². The SMILES string of the molecule is CC(C)C[C@H](C(=O)NCCN1CCOCC1)S(=O)(=O)C[C@H](O)[C@H](CC1CCCCC1)NC(=O)[C@H](Cc1cnc[nH]1)NC(=O)[C@H](Cc1ccccc1)NC(=O)OC(C)(C)C. The Bertz CT molecular complexity index is 1710. The Morgan fingerprint density at radius 2 is 1.61 bits per heavy atom. The molecule has 2 heterocycles. The van der Waals surface area contributed by atoms with Crippen LogP contribution in [-0.4, -0.2) is 132 Å². The van der Waals surface area contributed by atoms with Crippen molar-refractivity contribution in [2.75, 3.05) is 45.1 Å². The molecule has 1 saturated heterocycles. The molecule has 1 aliphatic heterocycles. The van der Waals surface area contributed by atoms with Gasteiger partial charge in [-0.3, -0.25) is 19.3 Å². The second kappa shape index (κ2) is 23.1. The first-order chi connectivity index (χ1) is 28.0. The van der Waals surface area contributed by atoms with E-state index in [1.807, 2.05) is 44.2 Å². The fourth-order valence-corrected chi connectivity index (χ4v) is 9.60. The maximum absolute atomic E-state index is 14.3. The number of nitrogens with one attached hydrogen (secondary N) is 5. The third kappa shape index (κ3) is 16.8. The number of hydrogen-bond acceptors (Lipinski definition) is 11. The zero-order valence-electron chi connectivity index (χ0n) is 35.4.